The summed E-state index contributed by atoms with van der Waals surface area (Å²) in [6, 6.07) is 5.32. The van der Waals surface area contributed by atoms with Gasteiger partial charge in [0.1, 0.15) is 10.5 Å². The van der Waals surface area contributed by atoms with E-state index >= 15 is 0 Å². The van der Waals surface area contributed by atoms with Crippen molar-refractivity contribution < 1.29 is 57.0 Å². The Morgan fingerprint density at radius 2 is 1.64 bits per heavy atom. The maximum atomic E-state index is 12.7. The fourth-order valence-corrected chi connectivity index (χ4v) is 3.55. The van der Waals surface area contributed by atoms with Gasteiger partial charge in [-0.1, -0.05) is 23.7 Å². The summed E-state index contributed by atoms with van der Waals surface area (Å²) in [6.07, 6.45) is 0. The topological polar surface area (TPSA) is 132 Å². The molecule has 0 radical (unpaired) electrons. The number of nitro benzene ring substituents is 1. The Morgan fingerprint density at radius 1 is 1.00 bits per heavy atom. The first-order valence-corrected chi connectivity index (χ1v) is 8.13. The summed E-state index contributed by atoms with van der Waals surface area (Å²) in [6.45, 7) is 0. The van der Waals surface area contributed by atoms with E-state index in [1.807, 2.05) is 0 Å². The molecule has 1 aliphatic rings. The average Bonchev–Trinajstić information content (AvgIpc) is 2.50. The van der Waals surface area contributed by atoms with Crippen LogP contribution in [-0.2, 0) is 10.1 Å². The predicted molar refractivity (Wildman–Crippen MR) is 81.2 cm³/mol. The summed E-state index contributed by atoms with van der Waals surface area (Å²) in [7, 11) is -4.79. The van der Waals surface area contributed by atoms with E-state index in [9.17, 15) is 32.7 Å². The van der Waals surface area contributed by atoms with Crippen LogP contribution in [0.3, 0.4) is 0 Å². The Kier molecular flexibility index (Phi) is 5.20. The summed E-state index contributed by atoms with van der Waals surface area (Å²) in [5.74, 6) is -1.90. The number of ketones is 2. The van der Waals surface area contributed by atoms with Crippen molar-refractivity contribution in [3.05, 3.63) is 67.7 Å². The van der Waals surface area contributed by atoms with Gasteiger partial charge in [0.25, 0.3) is 15.8 Å². The SMILES string of the molecule is O=C1c2c(cccc2S(=O)(=O)O)C(=O)c2c([N+](=O)[O-])ccc(Cl)c21.[Na+]. The zero-order chi connectivity index (χ0) is 17.8. The van der Waals surface area contributed by atoms with Crippen molar-refractivity contribution in [2.24, 2.45) is 0 Å². The third-order valence-electron chi connectivity index (χ3n) is 3.56. The van der Waals surface area contributed by atoms with Gasteiger partial charge in [-0.25, -0.2) is 0 Å². The number of halogens is 1. The van der Waals surface area contributed by atoms with E-state index in [2.05, 4.69) is 0 Å². The summed E-state index contributed by atoms with van der Waals surface area (Å²) in [4.78, 5) is 34.8. The first-order chi connectivity index (χ1) is 11.1. The van der Waals surface area contributed by atoms with Gasteiger partial charge in [0.2, 0.25) is 5.78 Å². The molecule has 0 spiro atoms. The van der Waals surface area contributed by atoms with Crippen LogP contribution in [0.4, 0.5) is 5.69 Å². The van der Waals surface area contributed by atoms with Crippen molar-refractivity contribution in [3.63, 3.8) is 0 Å². The van der Waals surface area contributed by atoms with Crippen LogP contribution in [0.2, 0.25) is 5.02 Å². The van der Waals surface area contributed by atoms with Crippen molar-refractivity contribution in [1.82, 2.24) is 0 Å². The van der Waals surface area contributed by atoms with E-state index in [4.69, 9.17) is 11.6 Å². The summed E-state index contributed by atoms with van der Waals surface area (Å²) in [5, 5.41) is 10.9. The zero-order valence-corrected chi connectivity index (χ0v) is 16.1. The number of fused-ring (bicyclic) bond motifs is 2. The molecule has 0 fully saturated rings. The van der Waals surface area contributed by atoms with Crippen LogP contribution in [0.15, 0.2) is 35.2 Å². The van der Waals surface area contributed by atoms with Gasteiger partial charge in [0.05, 0.1) is 21.1 Å². The minimum absolute atomic E-state index is 0. The molecule has 2 aromatic carbocycles. The van der Waals surface area contributed by atoms with Crippen LogP contribution >= 0.6 is 11.6 Å². The summed E-state index contributed by atoms with van der Waals surface area (Å²) < 4.78 is 32.2. The molecule has 0 saturated carbocycles. The number of carbonyl (C=O) groups is 2. The Labute approximate surface area is 168 Å². The smallest absolute Gasteiger partial charge is 0.288 e. The maximum Gasteiger partial charge on any atom is 1.00 e. The Hall–Kier alpha value is -1.62. The third kappa shape index (κ3) is 3.03. The van der Waals surface area contributed by atoms with E-state index in [1.54, 1.807) is 0 Å². The van der Waals surface area contributed by atoms with Crippen LogP contribution < -0.4 is 29.6 Å². The van der Waals surface area contributed by atoms with E-state index in [-0.39, 0.29) is 40.1 Å². The molecule has 8 nitrogen and oxygen atoms in total. The van der Waals surface area contributed by atoms with Crippen LogP contribution in [-0.4, -0.2) is 29.5 Å². The molecular formula is C14H6ClNNaO7S+. The number of nitro groups is 1. The molecule has 0 aromatic heterocycles. The quantitative estimate of drug-likeness (QED) is 0.264. The monoisotopic (exact) mass is 390 g/mol. The normalized spacial score (nSPS) is 12.9. The molecule has 1 aliphatic carbocycles. The molecule has 0 heterocycles. The number of hydrogen-bond donors (Lipinski definition) is 1. The molecule has 0 aliphatic heterocycles. The summed E-state index contributed by atoms with van der Waals surface area (Å²) in [5.41, 5.74) is -2.49. The molecule has 122 valence electrons. The molecular weight excluding hydrogens is 385 g/mol. The molecule has 2 aromatic rings. The fourth-order valence-electron chi connectivity index (χ4n) is 2.60. The van der Waals surface area contributed by atoms with Crippen molar-refractivity contribution in [1.29, 1.82) is 0 Å². The maximum absolute atomic E-state index is 12.7. The fraction of sp³-hybridized carbons (Fsp3) is 0. The van der Waals surface area contributed by atoms with Gasteiger partial charge in [-0.3, -0.25) is 24.3 Å². The van der Waals surface area contributed by atoms with Gasteiger partial charge >= 0.3 is 29.6 Å². The number of carbonyl (C=O) groups excluding carboxylic acids is 2. The Morgan fingerprint density at radius 3 is 2.20 bits per heavy atom. The van der Waals surface area contributed by atoms with Gasteiger partial charge in [-0.05, 0) is 12.1 Å². The van der Waals surface area contributed by atoms with Crippen LogP contribution in [0.25, 0.3) is 0 Å². The Balaban J connectivity index is 0.00000225. The second-order valence-electron chi connectivity index (χ2n) is 4.89. The molecule has 0 amide bonds. The first kappa shape index (κ1) is 19.7. The second-order valence-corrected chi connectivity index (χ2v) is 6.68. The molecule has 11 heteroatoms. The van der Waals surface area contributed by atoms with Gasteiger partial charge in [-0.15, -0.1) is 0 Å². The van der Waals surface area contributed by atoms with Gasteiger partial charge in [0, 0.05) is 11.6 Å². The molecule has 0 atom stereocenters. The van der Waals surface area contributed by atoms with Crippen LogP contribution in [0.1, 0.15) is 31.8 Å². The molecule has 25 heavy (non-hydrogen) atoms. The van der Waals surface area contributed by atoms with Gasteiger partial charge in [0.15, 0.2) is 5.78 Å². The minimum Gasteiger partial charge on any atom is -0.288 e. The number of nitrogens with zero attached hydrogens (tertiary/aromatic N) is 1. The molecule has 1 N–H and O–H groups in total. The molecule has 0 saturated heterocycles. The zero-order valence-electron chi connectivity index (χ0n) is 12.5. The number of hydrogen-bond acceptors (Lipinski definition) is 6. The van der Waals surface area contributed by atoms with E-state index in [1.165, 1.54) is 0 Å². The van der Waals surface area contributed by atoms with E-state index < -0.39 is 53.9 Å². The van der Waals surface area contributed by atoms with Crippen molar-refractivity contribution in [2.75, 3.05) is 0 Å². The molecule has 3 rings (SSSR count). The van der Waals surface area contributed by atoms with Gasteiger partial charge in [-0.2, -0.15) is 8.42 Å². The van der Waals surface area contributed by atoms with Crippen LogP contribution in [0.5, 0.6) is 0 Å². The Bertz CT molecular complexity index is 1070. The van der Waals surface area contributed by atoms with Crippen LogP contribution in [0, 0.1) is 10.1 Å². The van der Waals surface area contributed by atoms with E-state index in [0.717, 1.165) is 30.3 Å². The second kappa shape index (κ2) is 6.60. The largest absolute Gasteiger partial charge is 1.00 e. The van der Waals surface area contributed by atoms with Gasteiger partial charge < -0.3 is 0 Å². The number of benzene rings is 2. The van der Waals surface area contributed by atoms with E-state index in [0.29, 0.717) is 0 Å². The minimum atomic E-state index is -4.79. The predicted octanol–water partition coefficient (Wildman–Crippen LogP) is -0.726. The van der Waals surface area contributed by atoms with Crippen molar-refractivity contribution >= 4 is 39.0 Å². The summed E-state index contributed by atoms with van der Waals surface area (Å²) >= 11 is 5.90. The number of rotatable bonds is 2. The standard InChI is InChI=1S/C14H6ClNO7S.Na/c15-7-4-5-8(16(19)20)12-11(7)14(18)10-6(13(12)17)2-1-3-9(10)24(21,22)23;/h1-5H,(H,21,22,23);/q;+1. The van der Waals surface area contributed by atoms with Crippen molar-refractivity contribution in [2.45, 2.75) is 4.90 Å². The third-order valence-corrected chi connectivity index (χ3v) is 4.77. The van der Waals surface area contributed by atoms with Crippen molar-refractivity contribution in [3.8, 4) is 0 Å². The molecule has 0 unspecified atom stereocenters. The molecule has 0 bridgehead atoms. The first-order valence-electron chi connectivity index (χ1n) is 6.31. The average molecular weight is 391 g/mol.